The van der Waals surface area contributed by atoms with E-state index in [0.29, 0.717) is 6.04 Å². The Morgan fingerprint density at radius 2 is 1.94 bits per heavy atom. The summed E-state index contributed by atoms with van der Waals surface area (Å²) in [6.45, 7) is 7.46. The molecular formula is C16H24N2. The summed E-state index contributed by atoms with van der Waals surface area (Å²) in [5.74, 6) is 1.85. The van der Waals surface area contributed by atoms with E-state index >= 15 is 0 Å². The topological polar surface area (TPSA) is 15.3 Å². The van der Waals surface area contributed by atoms with Crippen molar-refractivity contribution >= 4 is 0 Å². The van der Waals surface area contributed by atoms with E-state index in [0.717, 1.165) is 11.8 Å². The van der Waals surface area contributed by atoms with Gasteiger partial charge in [-0.25, -0.2) is 0 Å². The largest absolute Gasteiger partial charge is 0.310 e. The molecule has 3 fully saturated rings. The van der Waals surface area contributed by atoms with E-state index in [4.69, 9.17) is 0 Å². The SMILES string of the molecule is CC(NCC1CN2CCC1CC2)c1ccccc1. The Morgan fingerprint density at radius 3 is 2.56 bits per heavy atom. The van der Waals surface area contributed by atoms with Crippen LogP contribution in [-0.4, -0.2) is 31.1 Å². The molecule has 2 atom stereocenters. The summed E-state index contributed by atoms with van der Waals surface area (Å²) in [7, 11) is 0. The van der Waals surface area contributed by atoms with Crippen LogP contribution < -0.4 is 5.32 Å². The molecule has 2 unspecified atom stereocenters. The van der Waals surface area contributed by atoms with Crippen LogP contribution in [0.15, 0.2) is 30.3 Å². The van der Waals surface area contributed by atoms with E-state index in [1.807, 2.05) is 0 Å². The van der Waals surface area contributed by atoms with Crippen molar-refractivity contribution in [1.82, 2.24) is 10.2 Å². The van der Waals surface area contributed by atoms with Crippen LogP contribution in [-0.2, 0) is 0 Å². The zero-order chi connectivity index (χ0) is 12.4. The summed E-state index contributed by atoms with van der Waals surface area (Å²) >= 11 is 0. The summed E-state index contributed by atoms with van der Waals surface area (Å²) in [5, 5.41) is 3.73. The Morgan fingerprint density at radius 1 is 1.22 bits per heavy atom. The van der Waals surface area contributed by atoms with Gasteiger partial charge in [0, 0.05) is 19.1 Å². The fourth-order valence-corrected chi connectivity index (χ4v) is 3.51. The number of fused-ring (bicyclic) bond motifs is 3. The zero-order valence-corrected chi connectivity index (χ0v) is 11.3. The van der Waals surface area contributed by atoms with Gasteiger partial charge in [-0.2, -0.15) is 0 Å². The van der Waals surface area contributed by atoms with Crippen molar-refractivity contribution in [2.45, 2.75) is 25.8 Å². The van der Waals surface area contributed by atoms with E-state index in [1.165, 1.54) is 44.6 Å². The van der Waals surface area contributed by atoms with Gasteiger partial charge in [0.25, 0.3) is 0 Å². The molecule has 18 heavy (non-hydrogen) atoms. The molecule has 0 aromatic heterocycles. The van der Waals surface area contributed by atoms with Gasteiger partial charge < -0.3 is 10.2 Å². The molecule has 1 N–H and O–H groups in total. The maximum atomic E-state index is 3.73. The second-order valence-corrected chi connectivity index (χ2v) is 5.94. The first-order valence-electron chi connectivity index (χ1n) is 7.33. The van der Waals surface area contributed by atoms with Gasteiger partial charge in [0.05, 0.1) is 0 Å². The lowest BCUT2D eigenvalue weighted by Gasteiger charge is -2.45. The molecule has 3 heterocycles. The quantitative estimate of drug-likeness (QED) is 0.876. The van der Waals surface area contributed by atoms with Crippen LogP contribution in [0.3, 0.4) is 0 Å². The van der Waals surface area contributed by atoms with Crippen molar-refractivity contribution in [3.05, 3.63) is 35.9 Å². The summed E-state index contributed by atoms with van der Waals surface area (Å²) in [6, 6.07) is 11.2. The molecule has 0 aliphatic carbocycles. The molecule has 1 aromatic carbocycles. The van der Waals surface area contributed by atoms with Crippen LogP contribution in [0.25, 0.3) is 0 Å². The van der Waals surface area contributed by atoms with Crippen LogP contribution >= 0.6 is 0 Å². The first-order chi connectivity index (χ1) is 8.83. The Hall–Kier alpha value is -0.860. The van der Waals surface area contributed by atoms with Gasteiger partial charge >= 0.3 is 0 Å². The van der Waals surface area contributed by atoms with Crippen molar-refractivity contribution in [3.8, 4) is 0 Å². The normalized spacial score (nSPS) is 32.4. The molecule has 3 aliphatic heterocycles. The van der Waals surface area contributed by atoms with E-state index in [-0.39, 0.29) is 0 Å². The summed E-state index contributed by atoms with van der Waals surface area (Å²) in [4.78, 5) is 2.64. The van der Waals surface area contributed by atoms with Gasteiger partial charge in [-0.15, -0.1) is 0 Å². The van der Waals surface area contributed by atoms with Gasteiger partial charge in [-0.1, -0.05) is 30.3 Å². The van der Waals surface area contributed by atoms with E-state index in [1.54, 1.807) is 0 Å². The van der Waals surface area contributed by atoms with E-state index in [9.17, 15) is 0 Å². The number of benzene rings is 1. The Kier molecular flexibility index (Phi) is 3.67. The van der Waals surface area contributed by atoms with Gasteiger partial charge in [-0.3, -0.25) is 0 Å². The van der Waals surface area contributed by atoms with Crippen molar-refractivity contribution in [2.24, 2.45) is 11.8 Å². The maximum absolute atomic E-state index is 3.73. The highest BCUT2D eigenvalue weighted by Gasteiger charge is 2.33. The third-order valence-corrected chi connectivity index (χ3v) is 4.78. The maximum Gasteiger partial charge on any atom is 0.0291 e. The smallest absolute Gasteiger partial charge is 0.0291 e. The van der Waals surface area contributed by atoms with Crippen molar-refractivity contribution in [3.63, 3.8) is 0 Å². The third kappa shape index (κ3) is 2.60. The average molecular weight is 244 g/mol. The van der Waals surface area contributed by atoms with E-state index in [2.05, 4.69) is 47.5 Å². The molecule has 3 saturated heterocycles. The first-order valence-corrected chi connectivity index (χ1v) is 7.33. The molecule has 0 saturated carbocycles. The average Bonchev–Trinajstić information content (AvgIpc) is 2.47. The minimum Gasteiger partial charge on any atom is -0.310 e. The Labute approximate surface area is 110 Å². The van der Waals surface area contributed by atoms with Crippen LogP contribution in [0.4, 0.5) is 0 Å². The molecule has 4 rings (SSSR count). The number of nitrogens with zero attached hydrogens (tertiary/aromatic N) is 1. The highest BCUT2D eigenvalue weighted by Crippen LogP contribution is 2.32. The number of piperidine rings is 3. The number of hydrogen-bond donors (Lipinski definition) is 1. The molecule has 0 radical (unpaired) electrons. The minimum atomic E-state index is 0.474. The van der Waals surface area contributed by atoms with Crippen molar-refractivity contribution in [2.75, 3.05) is 26.2 Å². The molecule has 3 aliphatic rings. The molecule has 0 amide bonds. The van der Waals surface area contributed by atoms with Crippen LogP contribution in [0.2, 0.25) is 0 Å². The van der Waals surface area contributed by atoms with Gasteiger partial charge in [0.1, 0.15) is 0 Å². The van der Waals surface area contributed by atoms with Crippen LogP contribution in [0.1, 0.15) is 31.4 Å². The highest BCUT2D eigenvalue weighted by molar-refractivity contribution is 5.18. The predicted molar refractivity (Wildman–Crippen MR) is 75.5 cm³/mol. The van der Waals surface area contributed by atoms with Crippen molar-refractivity contribution in [1.29, 1.82) is 0 Å². The Bertz CT molecular complexity index is 368. The van der Waals surface area contributed by atoms with Crippen molar-refractivity contribution < 1.29 is 0 Å². The predicted octanol–water partition coefficient (Wildman–Crippen LogP) is 2.68. The monoisotopic (exact) mass is 244 g/mol. The Balaban J connectivity index is 1.52. The number of nitrogens with one attached hydrogen (secondary N) is 1. The van der Waals surface area contributed by atoms with Crippen LogP contribution in [0, 0.1) is 11.8 Å². The fraction of sp³-hybridized carbons (Fsp3) is 0.625. The lowest BCUT2D eigenvalue weighted by Crippen LogP contribution is -2.50. The molecule has 0 spiro atoms. The number of hydrogen-bond acceptors (Lipinski definition) is 2. The molecule has 2 nitrogen and oxygen atoms in total. The first kappa shape index (κ1) is 12.2. The lowest BCUT2D eigenvalue weighted by molar-refractivity contribution is 0.0499. The fourth-order valence-electron chi connectivity index (χ4n) is 3.51. The minimum absolute atomic E-state index is 0.474. The third-order valence-electron chi connectivity index (χ3n) is 4.78. The summed E-state index contributed by atoms with van der Waals surface area (Å²) in [5.41, 5.74) is 1.40. The second kappa shape index (κ2) is 5.41. The molecule has 1 aromatic rings. The zero-order valence-electron chi connectivity index (χ0n) is 11.3. The number of rotatable bonds is 4. The van der Waals surface area contributed by atoms with E-state index < -0.39 is 0 Å². The standard InChI is InChI=1S/C16H24N2/c1-13(14-5-3-2-4-6-14)17-11-16-12-18-9-7-15(16)8-10-18/h2-6,13,15-17H,7-12H2,1H3. The summed E-state index contributed by atoms with van der Waals surface area (Å²) < 4.78 is 0. The van der Waals surface area contributed by atoms with Gasteiger partial charge in [-0.05, 0) is 50.3 Å². The van der Waals surface area contributed by atoms with Gasteiger partial charge in [0.15, 0.2) is 0 Å². The molecule has 2 heteroatoms. The lowest BCUT2D eigenvalue weighted by atomic mass is 9.79. The molecule has 2 bridgehead atoms. The van der Waals surface area contributed by atoms with Crippen LogP contribution in [0.5, 0.6) is 0 Å². The highest BCUT2D eigenvalue weighted by atomic mass is 15.2. The molecule has 98 valence electrons. The van der Waals surface area contributed by atoms with Gasteiger partial charge in [0.2, 0.25) is 0 Å². The molecular weight excluding hydrogens is 220 g/mol. The summed E-state index contributed by atoms with van der Waals surface area (Å²) in [6.07, 6.45) is 2.85. The second-order valence-electron chi connectivity index (χ2n) is 5.94.